The summed E-state index contributed by atoms with van der Waals surface area (Å²) in [6.07, 6.45) is -4.50. The molecule has 0 saturated heterocycles. The van der Waals surface area contributed by atoms with E-state index in [1.807, 2.05) is 0 Å². The first-order chi connectivity index (χ1) is 9.27. The number of nitrogens with one attached hydrogen (secondary N) is 1. The number of aromatic nitrogens is 1. The molecule has 0 unspecified atom stereocenters. The first-order valence-corrected chi connectivity index (χ1v) is 6.14. The molecule has 1 aromatic rings. The molecule has 0 spiro atoms. The van der Waals surface area contributed by atoms with Gasteiger partial charge in [-0.25, -0.2) is 4.98 Å². The van der Waals surface area contributed by atoms with Gasteiger partial charge in [0.05, 0.1) is 12.1 Å². The van der Waals surface area contributed by atoms with Crippen LogP contribution in [0.4, 0.5) is 24.8 Å². The molecule has 0 bridgehead atoms. The number of hydrogen-bond donors (Lipinski definition) is 2. The number of carbonyl (C=O) groups excluding carboxylic acids is 1. The predicted octanol–water partition coefficient (Wildman–Crippen LogP) is 1.64. The van der Waals surface area contributed by atoms with Gasteiger partial charge in [0.2, 0.25) is 5.91 Å². The van der Waals surface area contributed by atoms with E-state index in [-0.39, 0.29) is 24.1 Å². The van der Waals surface area contributed by atoms with E-state index in [9.17, 15) is 18.0 Å². The van der Waals surface area contributed by atoms with Crippen LogP contribution in [0, 0.1) is 0 Å². The largest absolute Gasteiger partial charge is 0.416 e. The minimum atomic E-state index is -4.50. The fourth-order valence-corrected chi connectivity index (χ4v) is 1.64. The third-order valence-corrected chi connectivity index (χ3v) is 2.57. The van der Waals surface area contributed by atoms with Crippen LogP contribution in [0.2, 0.25) is 0 Å². The normalized spacial score (nSPS) is 11.2. The van der Waals surface area contributed by atoms with Gasteiger partial charge in [0.1, 0.15) is 11.6 Å². The molecule has 0 radical (unpaired) electrons. The quantitative estimate of drug-likeness (QED) is 0.865. The van der Waals surface area contributed by atoms with E-state index < -0.39 is 11.7 Å². The van der Waals surface area contributed by atoms with E-state index in [0.29, 0.717) is 13.1 Å². The lowest BCUT2D eigenvalue weighted by Crippen LogP contribution is -2.37. The summed E-state index contributed by atoms with van der Waals surface area (Å²) in [4.78, 5) is 16.8. The molecular formula is C12H17F3N4O. The fourth-order valence-electron chi connectivity index (χ4n) is 1.64. The van der Waals surface area contributed by atoms with Crippen LogP contribution < -0.4 is 16.0 Å². The fraction of sp³-hybridized carbons (Fsp3) is 0.500. The van der Waals surface area contributed by atoms with Crippen LogP contribution in [0.1, 0.15) is 19.4 Å². The second-order valence-electron chi connectivity index (χ2n) is 4.10. The summed E-state index contributed by atoms with van der Waals surface area (Å²) in [5.74, 6) is -0.484. The van der Waals surface area contributed by atoms with Crippen LogP contribution in [-0.2, 0) is 11.0 Å². The Kier molecular flexibility index (Phi) is 5.18. The van der Waals surface area contributed by atoms with Crippen molar-refractivity contribution in [2.45, 2.75) is 20.0 Å². The van der Waals surface area contributed by atoms with Crippen molar-refractivity contribution in [3.8, 4) is 0 Å². The Bertz CT molecular complexity index is 476. The molecule has 112 valence electrons. The van der Waals surface area contributed by atoms with Crippen molar-refractivity contribution in [3.05, 3.63) is 17.7 Å². The van der Waals surface area contributed by atoms with Crippen LogP contribution in [0.5, 0.6) is 0 Å². The van der Waals surface area contributed by atoms with Gasteiger partial charge in [0, 0.05) is 13.1 Å². The molecule has 1 amide bonds. The number of nitrogen functional groups attached to an aromatic ring is 1. The molecule has 0 atom stereocenters. The van der Waals surface area contributed by atoms with Gasteiger partial charge in [0.15, 0.2) is 0 Å². The van der Waals surface area contributed by atoms with Crippen molar-refractivity contribution in [3.63, 3.8) is 0 Å². The number of halogens is 3. The number of carbonyl (C=O) groups is 1. The van der Waals surface area contributed by atoms with Gasteiger partial charge >= 0.3 is 6.18 Å². The molecule has 0 fully saturated rings. The molecule has 0 aliphatic carbocycles. The van der Waals surface area contributed by atoms with E-state index in [0.717, 1.165) is 12.1 Å². The zero-order valence-corrected chi connectivity index (χ0v) is 11.3. The lowest BCUT2D eigenvalue weighted by molar-refractivity contribution is -0.137. The van der Waals surface area contributed by atoms with Gasteiger partial charge in [-0.05, 0) is 26.0 Å². The Morgan fingerprint density at radius 3 is 2.55 bits per heavy atom. The number of amides is 1. The Hall–Kier alpha value is -1.99. The second kappa shape index (κ2) is 6.44. The van der Waals surface area contributed by atoms with Crippen molar-refractivity contribution in [1.82, 2.24) is 10.3 Å². The molecule has 0 aromatic carbocycles. The van der Waals surface area contributed by atoms with Crippen LogP contribution in [0.15, 0.2) is 12.1 Å². The molecular weight excluding hydrogens is 273 g/mol. The Balaban J connectivity index is 3.03. The second-order valence-corrected chi connectivity index (χ2v) is 4.10. The first-order valence-electron chi connectivity index (χ1n) is 6.14. The summed E-state index contributed by atoms with van der Waals surface area (Å²) in [5, 5.41) is 2.58. The van der Waals surface area contributed by atoms with Crippen molar-refractivity contribution >= 4 is 17.5 Å². The number of nitrogens with zero attached hydrogens (tertiary/aromatic N) is 2. The van der Waals surface area contributed by atoms with Crippen molar-refractivity contribution in [1.29, 1.82) is 0 Å². The number of hydrogen-bond acceptors (Lipinski definition) is 4. The maximum absolute atomic E-state index is 12.7. The maximum atomic E-state index is 12.7. The SMILES string of the molecule is CCNC(=O)CN(CC)c1cc(C(F)(F)F)cc(N)n1. The average Bonchev–Trinajstić information content (AvgIpc) is 2.34. The van der Waals surface area contributed by atoms with E-state index in [1.54, 1.807) is 13.8 Å². The van der Waals surface area contributed by atoms with Gasteiger partial charge in [-0.1, -0.05) is 0 Å². The van der Waals surface area contributed by atoms with Gasteiger partial charge in [-0.2, -0.15) is 13.2 Å². The Labute approximate surface area is 115 Å². The van der Waals surface area contributed by atoms with E-state index in [2.05, 4.69) is 10.3 Å². The minimum Gasteiger partial charge on any atom is -0.384 e. The first kappa shape index (κ1) is 16.1. The van der Waals surface area contributed by atoms with Crippen LogP contribution in [-0.4, -0.2) is 30.5 Å². The van der Waals surface area contributed by atoms with Gasteiger partial charge in [-0.3, -0.25) is 4.79 Å². The zero-order valence-electron chi connectivity index (χ0n) is 11.3. The highest BCUT2D eigenvalue weighted by atomic mass is 19.4. The Morgan fingerprint density at radius 1 is 1.40 bits per heavy atom. The van der Waals surface area contributed by atoms with Crippen molar-refractivity contribution < 1.29 is 18.0 Å². The lowest BCUT2D eigenvalue weighted by atomic mass is 10.2. The van der Waals surface area contributed by atoms with E-state index >= 15 is 0 Å². The Morgan fingerprint density at radius 2 is 2.05 bits per heavy atom. The third kappa shape index (κ3) is 4.29. The topological polar surface area (TPSA) is 71.2 Å². The molecule has 5 nitrogen and oxygen atoms in total. The van der Waals surface area contributed by atoms with Crippen molar-refractivity contribution in [2.75, 3.05) is 30.3 Å². The highest BCUT2D eigenvalue weighted by Crippen LogP contribution is 2.32. The van der Waals surface area contributed by atoms with E-state index in [4.69, 9.17) is 5.73 Å². The van der Waals surface area contributed by atoms with Crippen molar-refractivity contribution in [2.24, 2.45) is 0 Å². The standard InChI is InChI=1S/C12H17F3N4O/c1-3-17-11(20)7-19(4-2)10-6-8(12(13,14)15)5-9(16)18-10/h5-6H,3-4,7H2,1-2H3,(H2,16,18)(H,17,20). The number of likely N-dealkylation sites (N-methyl/N-ethyl adjacent to an activating group) is 2. The summed E-state index contributed by atoms with van der Waals surface area (Å²) >= 11 is 0. The van der Waals surface area contributed by atoms with Crippen LogP contribution in [0.3, 0.4) is 0 Å². The average molecular weight is 290 g/mol. The molecule has 0 aliphatic heterocycles. The summed E-state index contributed by atoms with van der Waals surface area (Å²) in [6.45, 7) is 4.20. The van der Waals surface area contributed by atoms with Crippen LogP contribution in [0.25, 0.3) is 0 Å². The van der Waals surface area contributed by atoms with Gasteiger partial charge in [-0.15, -0.1) is 0 Å². The van der Waals surface area contributed by atoms with Gasteiger partial charge < -0.3 is 16.0 Å². The molecule has 1 heterocycles. The zero-order chi connectivity index (χ0) is 15.3. The number of pyridine rings is 1. The summed E-state index contributed by atoms with van der Waals surface area (Å²) in [6, 6.07) is 1.66. The van der Waals surface area contributed by atoms with Gasteiger partial charge in [0.25, 0.3) is 0 Å². The number of rotatable bonds is 5. The summed E-state index contributed by atoms with van der Waals surface area (Å²) in [5.41, 5.74) is 4.52. The lowest BCUT2D eigenvalue weighted by Gasteiger charge is -2.22. The minimum absolute atomic E-state index is 0.0334. The highest BCUT2D eigenvalue weighted by Gasteiger charge is 2.32. The monoisotopic (exact) mass is 290 g/mol. The molecule has 0 saturated carbocycles. The smallest absolute Gasteiger partial charge is 0.384 e. The molecule has 1 aromatic heterocycles. The predicted molar refractivity (Wildman–Crippen MR) is 70.2 cm³/mol. The number of anilines is 2. The molecule has 20 heavy (non-hydrogen) atoms. The van der Waals surface area contributed by atoms with E-state index in [1.165, 1.54) is 4.90 Å². The van der Waals surface area contributed by atoms with Crippen LogP contribution >= 0.6 is 0 Å². The third-order valence-electron chi connectivity index (χ3n) is 2.57. The maximum Gasteiger partial charge on any atom is 0.416 e. The summed E-state index contributed by atoms with van der Waals surface area (Å²) in [7, 11) is 0. The number of nitrogens with two attached hydrogens (primary N) is 1. The summed E-state index contributed by atoms with van der Waals surface area (Å²) < 4.78 is 38.2. The number of alkyl halides is 3. The highest BCUT2D eigenvalue weighted by molar-refractivity contribution is 5.81. The molecule has 8 heteroatoms. The molecule has 3 N–H and O–H groups in total. The molecule has 1 rings (SSSR count). The molecule has 0 aliphatic rings.